The molecule has 3 fully saturated rings. The molecule has 2 aliphatic carbocycles. The summed E-state index contributed by atoms with van der Waals surface area (Å²) in [5, 5.41) is 21.8. The molecule has 3 aliphatic rings. The minimum atomic E-state index is -0.473. The van der Waals surface area contributed by atoms with Gasteiger partial charge in [-0.15, -0.1) is 0 Å². The lowest BCUT2D eigenvalue weighted by Crippen LogP contribution is -2.54. The smallest absolute Gasteiger partial charge is 0.193 e. The molecule has 0 amide bonds. The van der Waals surface area contributed by atoms with Gasteiger partial charge in [0.05, 0.1) is 24.9 Å². The van der Waals surface area contributed by atoms with Crippen molar-refractivity contribution in [3.8, 4) is 17.2 Å². The molecular weight excluding hydrogens is 528 g/mol. The number of phenols is 2. The van der Waals surface area contributed by atoms with Crippen molar-refractivity contribution in [2.45, 2.75) is 64.9 Å². The van der Waals surface area contributed by atoms with Gasteiger partial charge in [-0.25, -0.2) is 0 Å². The van der Waals surface area contributed by atoms with Crippen LogP contribution in [-0.4, -0.2) is 41.6 Å². The monoisotopic (exact) mass is 570 g/mol. The average molecular weight is 571 g/mol. The third-order valence-electron chi connectivity index (χ3n) is 10.2. The van der Waals surface area contributed by atoms with Crippen molar-refractivity contribution in [3.05, 3.63) is 76.9 Å². The third kappa shape index (κ3) is 5.57. The fourth-order valence-corrected chi connectivity index (χ4v) is 8.01. The standard InChI is InChI=1S/C36H42O6/c1-34(2)18-8-19-35(3)30(34)17-20-36(23-42-36)31(35)16-13-25(22-37)11-14-26-28(39)21-29(41-4)32(33(26)40)27(38)15-12-24-9-6-5-7-10-24/h5-7,9-15,21-22,30-31,39-40H,8,16-20,23H2,1-4H3/b14-11+,15-12+,25-13+/t30-,31+,35-,36+/m0/s1. The van der Waals surface area contributed by atoms with Gasteiger partial charge < -0.3 is 19.7 Å². The van der Waals surface area contributed by atoms with Crippen LogP contribution in [0, 0.1) is 22.7 Å². The third-order valence-corrected chi connectivity index (χ3v) is 10.2. The van der Waals surface area contributed by atoms with Gasteiger partial charge in [0.15, 0.2) is 5.78 Å². The summed E-state index contributed by atoms with van der Waals surface area (Å²) in [6, 6.07) is 10.6. The number of benzene rings is 2. The highest BCUT2D eigenvalue weighted by Crippen LogP contribution is 2.66. The maximum Gasteiger partial charge on any atom is 0.193 e. The molecule has 5 rings (SSSR count). The number of rotatable bonds is 9. The van der Waals surface area contributed by atoms with Crippen molar-refractivity contribution in [1.82, 2.24) is 0 Å². The molecule has 6 heteroatoms. The summed E-state index contributed by atoms with van der Waals surface area (Å²) in [7, 11) is 1.37. The van der Waals surface area contributed by atoms with E-state index in [1.54, 1.807) is 12.2 Å². The van der Waals surface area contributed by atoms with Gasteiger partial charge >= 0.3 is 0 Å². The first-order valence-electron chi connectivity index (χ1n) is 14.9. The first-order valence-corrected chi connectivity index (χ1v) is 14.9. The van der Waals surface area contributed by atoms with E-state index >= 15 is 0 Å². The second kappa shape index (κ2) is 11.6. The fraction of sp³-hybridized carbons (Fsp3) is 0.444. The molecule has 0 radical (unpaired) electrons. The number of methoxy groups -OCH3 is 1. The van der Waals surface area contributed by atoms with Crippen LogP contribution < -0.4 is 4.74 Å². The molecule has 0 bridgehead atoms. The summed E-state index contributed by atoms with van der Waals surface area (Å²) in [4.78, 5) is 25.2. The number of carbonyl (C=O) groups excluding carboxylic acids is 2. The van der Waals surface area contributed by atoms with Crippen LogP contribution in [0.4, 0.5) is 0 Å². The second-order valence-corrected chi connectivity index (χ2v) is 13.1. The second-order valence-electron chi connectivity index (χ2n) is 13.1. The zero-order chi connectivity index (χ0) is 30.1. The predicted octanol–water partition coefficient (Wildman–Crippen LogP) is 7.54. The van der Waals surface area contributed by atoms with Crippen LogP contribution >= 0.6 is 0 Å². The van der Waals surface area contributed by atoms with E-state index in [9.17, 15) is 19.8 Å². The summed E-state index contributed by atoms with van der Waals surface area (Å²) in [6.07, 6.45) is 15.4. The highest BCUT2D eigenvalue weighted by atomic mass is 16.6. The molecule has 1 saturated heterocycles. The summed E-state index contributed by atoms with van der Waals surface area (Å²) < 4.78 is 11.4. The largest absolute Gasteiger partial charge is 0.507 e. The van der Waals surface area contributed by atoms with Gasteiger partial charge in [-0.2, -0.15) is 0 Å². The number of hydrogen-bond acceptors (Lipinski definition) is 6. The lowest BCUT2D eigenvalue weighted by atomic mass is 9.46. The quantitative estimate of drug-likeness (QED) is 0.106. The summed E-state index contributed by atoms with van der Waals surface area (Å²) in [5.41, 5.74) is 1.58. The van der Waals surface area contributed by atoms with E-state index in [2.05, 4.69) is 20.8 Å². The predicted molar refractivity (Wildman–Crippen MR) is 165 cm³/mol. The van der Waals surface area contributed by atoms with E-state index in [4.69, 9.17) is 9.47 Å². The highest BCUT2D eigenvalue weighted by Gasteiger charge is 2.64. The van der Waals surface area contributed by atoms with Gasteiger partial charge in [0.25, 0.3) is 0 Å². The summed E-state index contributed by atoms with van der Waals surface area (Å²) >= 11 is 0. The molecule has 1 aliphatic heterocycles. The van der Waals surface area contributed by atoms with E-state index in [0.29, 0.717) is 17.4 Å². The Hall–Kier alpha value is -3.64. The van der Waals surface area contributed by atoms with Crippen molar-refractivity contribution < 1.29 is 29.3 Å². The van der Waals surface area contributed by atoms with Gasteiger partial charge in [-0.3, -0.25) is 9.59 Å². The molecule has 1 spiro atoms. The van der Waals surface area contributed by atoms with Crippen molar-refractivity contribution in [1.29, 1.82) is 0 Å². The lowest BCUT2D eigenvalue weighted by molar-refractivity contribution is -0.106. The molecule has 1 heterocycles. The minimum absolute atomic E-state index is 0.0423. The topological polar surface area (TPSA) is 96.4 Å². The molecule has 0 unspecified atom stereocenters. The van der Waals surface area contributed by atoms with Crippen molar-refractivity contribution in [3.63, 3.8) is 0 Å². The summed E-state index contributed by atoms with van der Waals surface area (Å²) in [6.45, 7) is 8.01. The van der Waals surface area contributed by atoms with Gasteiger partial charge in [-0.05, 0) is 72.5 Å². The molecule has 0 aromatic heterocycles. The highest BCUT2D eigenvalue weighted by molar-refractivity contribution is 6.11. The zero-order valence-corrected chi connectivity index (χ0v) is 25.1. The Morgan fingerprint density at radius 3 is 2.48 bits per heavy atom. The molecule has 2 saturated carbocycles. The van der Waals surface area contributed by atoms with Crippen LogP contribution in [0.15, 0.2) is 60.2 Å². The Morgan fingerprint density at radius 1 is 1.07 bits per heavy atom. The molecule has 4 atom stereocenters. The number of allylic oxidation sites excluding steroid dienone is 4. The SMILES string of the molecule is COc1cc(O)c(/C=C/C(C=O)=C\C[C@H]2[C@@]3(CC[C@H]4C(C)(C)CCC[C@@]42C)CO3)c(O)c1C(=O)/C=C/c1ccccc1. The van der Waals surface area contributed by atoms with E-state index in [-0.39, 0.29) is 39.1 Å². The molecule has 2 aromatic rings. The number of fused-ring (bicyclic) bond motifs is 1. The Kier molecular flexibility index (Phi) is 8.21. The molecular formula is C36H42O6. The number of phenolic OH excluding ortho intramolecular Hbond substituents is 2. The first-order chi connectivity index (χ1) is 20.0. The average Bonchev–Trinajstić information content (AvgIpc) is 3.73. The molecule has 42 heavy (non-hydrogen) atoms. The molecule has 222 valence electrons. The number of aromatic hydroxyl groups is 2. The lowest BCUT2D eigenvalue weighted by Gasteiger charge is -2.59. The number of epoxide rings is 1. The Balaban J connectivity index is 1.41. The van der Waals surface area contributed by atoms with Crippen LogP contribution in [0.5, 0.6) is 17.2 Å². The number of aldehydes is 1. The number of hydrogen-bond donors (Lipinski definition) is 2. The van der Waals surface area contributed by atoms with Crippen molar-refractivity contribution in [2.75, 3.05) is 13.7 Å². The van der Waals surface area contributed by atoms with Crippen LogP contribution in [0.1, 0.15) is 80.8 Å². The van der Waals surface area contributed by atoms with E-state index in [1.165, 1.54) is 51.0 Å². The maximum absolute atomic E-state index is 13.1. The van der Waals surface area contributed by atoms with Crippen LogP contribution in [-0.2, 0) is 9.53 Å². The molecule has 2 N–H and O–H groups in total. The van der Waals surface area contributed by atoms with E-state index < -0.39 is 11.5 Å². The van der Waals surface area contributed by atoms with Crippen LogP contribution in [0.2, 0.25) is 0 Å². The normalized spacial score (nSPS) is 28.6. The number of ether oxygens (including phenoxy) is 2. The van der Waals surface area contributed by atoms with E-state index in [1.807, 2.05) is 36.4 Å². The molecule has 6 nitrogen and oxygen atoms in total. The van der Waals surface area contributed by atoms with Crippen molar-refractivity contribution in [2.24, 2.45) is 22.7 Å². The zero-order valence-electron chi connectivity index (χ0n) is 25.1. The minimum Gasteiger partial charge on any atom is -0.507 e. The number of carbonyl (C=O) groups is 2. The molecule has 2 aromatic carbocycles. The van der Waals surface area contributed by atoms with Gasteiger partial charge in [0, 0.05) is 11.6 Å². The maximum atomic E-state index is 13.1. The Labute approximate surface area is 248 Å². The van der Waals surface area contributed by atoms with E-state index in [0.717, 1.165) is 31.3 Å². The first kappa shape index (κ1) is 29.8. The van der Waals surface area contributed by atoms with Gasteiger partial charge in [0.2, 0.25) is 0 Å². The number of ketones is 1. The van der Waals surface area contributed by atoms with Crippen LogP contribution in [0.25, 0.3) is 12.2 Å². The Bertz CT molecular complexity index is 1430. The van der Waals surface area contributed by atoms with Crippen LogP contribution in [0.3, 0.4) is 0 Å². The van der Waals surface area contributed by atoms with Gasteiger partial charge in [-0.1, -0.05) is 75.8 Å². The summed E-state index contributed by atoms with van der Waals surface area (Å²) in [5.74, 6) is -0.154. The fourth-order valence-electron chi connectivity index (χ4n) is 8.01. The van der Waals surface area contributed by atoms with Crippen molar-refractivity contribution >= 4 is 24.2 Å². The Morgan fingerprint density at radius 2 is 1.81 bits per heavy atom. The van der Waals surface area contributed by atoms with Gasteiger partial charge in [0.1, 0.15) is 29.1 Å².